The van der Waals surface area contributed by atoms with Crippen LogP contribution in [0.3, 0.4) is 0 Å². The molecule has 0 saturated heterocycles. The first-order valence-corrected chi connectivity index (χ1v) is 12.6. The number of benzene rings is 2. The second kappa shape index (κ2) is 13.2. The highest BCUT2D eigenvalue weighted by Gasteiger charge is 2.20. The fourth-order valence-electron chi connectivity index (χ4n) is 4.79. The van der Waals surface area contributed by atoms with Crippen molar-refractivity contribution in [1.82, 2.24) is 0 Å². The molecule has 31 heavy (non-hydrogen) atoms. The van der Waals surface area contributed by atoms with Crippen LogP contribution in [0.2, 0.25) is 0 Å². The predicted octanol–water partition coefficient (Wildman–Crippen LogP) is 8.52. The molecule has 0 nitrogen and oxygen atoms in total. The lowest BCUT2D eigenvalue weighted by atomic mass is 9.78. The van der Waals surface area contributed by atoms with Gasteiger partial charge in [-0.15, -0.1) is 6.58 Å². The van der Waals surface area contributed by atoms with E-state index in [0.717, 1.165) is 35.8 Å². The molecule has 0 unspecified atom stereocenters. The lowest BCUT2D eigenvalue weighted by Crippen LogP contribution is -2.15. The topological polar surface area (TPSA) is 0 Å². The number of unbranched alkanes of at least 4 members (excludes halogenated alkanes) is 2. The van der Waals surface area contributed by atoms with Crippen LogP contribution < -0.4 is 0 Å². The van der Waals surface area contributed by atoms with Crippen LogP contribution in [0.4, 0.5) is 0 Å². The van der Waals surface area contributed by atoms with E-state index in [9.17, 15) is 0 Å². The first-order chi connectivity index (χ1) is 15.3. The largest absolute Gasteiger partial charge is 0.103 e. The fraction of sp³-hybridized carbons (Fsp3) is 0.484. The first kappa shape index (κ1) is 23.4. The lowest BCUT2D eigenvalue weighted by molar-refractivity contribution is 0.249. The highest BCUT2D eigenvalue weighted by atomic mass is 14.3. The van der Waals surface area contributed by atoms with Crippen LogP contribution in [0.15, 0.2) is 61.2 Å². The van der Waals surface area contributed by atoms with Gasteiger partial charge in [0.1, 0.15) is 0 Å². The van der Waals surface area contributed by atoms with Crippen molar-refractivity contribution in [2.24, 2.45) is 11.8 Å². The van der Waals surface area contributed by atoms with Gasteiger partial charge >= 0.3 is 0 Å². The summed E-state index contributed by atoms with van der Waals surface area (Å²) in [6, 6.07) is 17.5. The Hall–Kier alpha value is -2.26. The van der Waals surface area contributed by atoms with E-state index in [1.807, 2.05) is 6.08 Å². The summed E-state index contributed by atoms with van der Waals surface area (Å²) in [7, 11) is 0. The molecule has 0 heteroatoms. The van der Waals surface area contributed by atoms with Gasteiger partial charge in [0.15, 0.2) is 0 Å². The van der Waals surface area contributed by atoms with E-state index in [-0.39, 0.29) is 0 Å². The van der Waals surface area contributed by atoms with Gasteiger partial charge in [-0.2, -0.15) is 0 Å². The zero-order valence-electron chi connectivity index (χ0n) is 19.5. The van der Waals surface area contributed by atoms with Crippen LogP contribution in [-0.4, -0.2) is 0 Å². The van der Waals surface area contributed by atoms with Crippen LogP contribution in [0.5, 0.6) is 0 Å². The first-order valence-electron chi connectivity index (χ1n) is 12.6. The molecule has 0 aromatic heterocycles. The Morgan fingerprint density at radius 1 is 0.742 bits per heavy atom. The quantitative estimate of drug-likeness (QED) is 0.208. The van der Waals surface area contributed by atoms with Gasteiger partial charge in [0.05, 0.1) is 0 Å². The smallest absolute Gasteiger partial charge is 0.0249 e. The molecule has 0 amide bonds. The van der Waals surface area contributed by atoms with Crippen LogP contribution >= 0.6 is 0 Å². The predicted molar refractivity (Wildman–Crippen MR) is 135 cm³/mol. The van der Waals surface area contributed by atoms with Gasteiger partial charge in [-0.1, -0.05) is 100 Å². The second-order valence-corrected chi connectivity index (χ2v) is 9.39. The molecule has 1 aliphatic rings. The zero-order chi connectivity index (χ0) is 21.7. The van der Waals surface area contributed by atoms with Gasteiger partial charge < -0.3 is 0 Å². The summed E-state index contributed by atoms with van der Waals surface area (Å²) < 4.78 is 0. The Balaban J connectivity index is 1.41. The highest BCUT2D eigenvalue weighted by molar-refractivity contribution is 5.44. The van der Waals surface area contributed by atoms with Crippen molar-refractivity contribution >= 4 is 0 Å². The van der Waals surface area contributed by atoms with E-state index >= 15 is 0 Å². The van der Waals surface area contributed by atoms with E-state index in [2.05, 4.69) is 73.9 Å². The Morgan fingerprint density at radius 2 is 1.26 bits per heavy atom. The Labute approximate surface area is 191 Å². The van der Waals surface area contributed by atoms with Crippen molar-refractivity contribution in [3.8, 4) is 11.8 Å². The molecule has 0 heterocycles. The van der Waals surface area contributed by atoms with Gasteiger partial charge in [0.2, 0.25) is 0 Å². The number of aryl methyl sites for hydroxylation is 2. The average Bonchev–Trinajstić information content (AvgIpc) is 2.82. The molecule has 0 spiro atoms. The van der Waals surface area contributed by atoms with Gasteiger partial charge in [0.25, 0.3) is 0 Å². The molecule has 0 aliphatic heterocycles. The zero-order valence-corrected chi connectivity index (χ0v) is 19.5. The summed E-state index contributed by atoms with van der Waals surface area (Å²) in [5.41, 5.74) is 4.99. The van der Waals surface area contributed by atoms with Crippen molar-refractivity contribution in [2.75, 3.05) is 0 Å². The van der Waals surface area contributed by atoms with Crippen molar-refractivity contribution in [3.63, 3.8) is 0 Å². The number of rotatable bonds is 10. The number of hydrogen-bond donors (Lipinski definition) is 0. The Morgan fingerprint density at radius 3 is 1.77 bits per heavy atom. The SMILES string of the molecule is C=CCCc1ccc(C#Cc2ccc(CCC3CCC(CCCCC)CC3)cc2)cc1. The molecule has 0 N–H and O–H groups in total. The molecule has 1 aliphatic carbocycles. The van der Waals surface area contributed by atoms with Gasteiger partial charge in [0, 0.05) is 11.1 Å². The summed E-state index contributed by atoms with van der Waals surface area (Å²) in [4.78, 5) is 0. The minimum Gasteiger partial charge on any atom is -0.103 e. The molecule has 0 atom stereocenters. The molecule has 1 saturated carbocycles. The van der Waals surface area contributed by atoms with Crippen molar-refractivity contribution in [2.45, 2.75) is 84.0 Å². The molecule has 1 fully saturated rings. The number of allylic oxidation sites excluding steroid dienone is 1. The third-order valence-corrected chi connectivity index (χ3v) is 6.92. The van der Waals surface area contributed by atoms with Crippen LogP contribution in [-0.2, 0) is 12.8 Å². The van der Waals surface area contributed by atoms with Gasteiger partial charge in [-0.05, 0) is 72.9 Å². The van der Waals surface area contributed by atoms with Crippen LogP contribution in [0.25, 0.3) is 0 Å². The average molecular weight is 413 g/mol. The molecule has 0 bridgehead atoms. The number of hydrogen-bond acceptors (Lipinski definition) is 0. The Bertz CT molecular complexity index is 820. The molecular weight excluding hydrogens is 372 g/mol. The maximum Gasteiger partial charge on any atom is 0.0249 e. The fourth-order valence-corrected chi connectivity index (χ4v) is 4.79. The lowest BCUT2D eigenvalue weighted by Gasteiger charge is -2.28. The van der Waals surface area contributed by atoms with E-state index in [1.165, 1.54) is 75.3 Å². The standard InChI is InChI=1S/C31H40/c1-3-5-7-9-27-12-16-29(17-13-27)19-21-31-24-22-30(23-25-31)20-18-28-14-10-26(11-15-28)8-6-4-2/h4,10-11,14-15,22-25,27,29H,2-3,5-9,12-13,16-17,19,21H2,1H3. The van der Waals surface area contributed by atoms with E-state index in [4.69, 9.17) is 0 Å². The van der Waals surface area contributed by atoms with E-state index in [1.54, 1.807) is 0 Å². The monoisotopic (exact) mass is 412 g/mol. The molecular formula is C31H40. The summed E-state index contributed by atoms with van der Waals surface area (Å²) in [6.07, 6.45) is 18.1. The van der Waals surface area contributed by atoms with Crippen molar-refractivity contribution in [3.05, 3.63) is 83.4 Å². The normalized spacial score (nSPS) is 18.2. The molecule has 2 aromatic carbocycles. The van der Waals surface area contributed by atoms with Crippen LogP contribution in [0.1, 0.15) is 93.4 Å². The third kappa shape index (κ3) is 8.41. The summed E-state index contributed by atoms with van der Waals surface area (Å²) in [6.45, 7) is 6.10. The van der Waals surface area contributed by atoms with Crippen molar-refractivity contribution in [1.29, 1.82) is 0 Å². The highest BCUT2D eigenvalue weighted by Crippen LogP contribution is 2.34. The van der Waals surface area contributed by atoms with E-state index in [0.29, 0.717) is 0 Å². The van der Waals surface area contributed by atoms with E-state index < -0.39 is 0 Å². The third-order valence-electron chi connectivity index (χ3n) is 6.92. The minimum atomic E-state index is 0.941. The molecule has 3 rings (SSSR count). The van der Waals surface area contributed by atoms with Crippen LogP contribution in [0, 0.1) is 23.7 Å². The molecule has 2 aromatic rings. The minimum absolute atomic E-state index is 0.941. The van der Waals surface area contributed by atoms with Gasteiger partial charge in [-0.3, -0.25) is 0 Å². The summed E-state index contributed by atoms with van der Waals surface area (Å²) >= 11 is 0. The van der Waals surface area contributed by atoms with Gasteiger partial charge in [-0.25, -0.2) is 0 Å². The van der Waals surface area contributed by atoms with Crippen molar-refractivity contribution < 1.29 is 0 Å². The maximum absolute atomic E-state index is 3.79. The summed E-state index contributed by atoms with van der Waals surface area (Å²) in [5, 5.41) is 0. The molecule has 164 valence electrons. The Kier molecular flexibility index (Phi) is 9.98. The maximum atomic E-state index is 3.79. The second-order valence-electron chi connectivity index (χ2n) is 9.39. The molecule has 0 radical (unpaired) electrons. The summed E-state index contributed by atoms with van der Waals surface area (Å²) in [5.74, 6) is 8.57.